The second kappa shape index (κ2) is 6.32. The number of aromatic nitrogens is 2. The standard InChI is InChI=1S/C16H12Cl2N2O4/c1-24-9-2-3-12(8(4-9)6-21)20-7-19-14-13(16(20)23)10(17)5-11(18)15(14)22/h2-5,7,21-22H,6H2,1H3. The van der Waals surface area contributed by atoms with Gasteiger partial charge in [0, 0.05) is 5.56 Å². The van der Waals surface area contributed by atoms with Crippen molar-refractivity contribution in [2.45, 2.75) is 6.61 Å². The zero-order chi connectivity index (χ0) is 17.4. The smallest absolute Gasteiger partial charge is 0.267 e. The molecule has 0 amide bonds. The Kier molecular flexibility index (Phi) is 4.36. The van der Waals surface area contributed by atoms with E-state index in [1.807, 2.05) is 0 Å². The van der Waals surface area contributed by atoms with E-state index in [1.54, 1.807) is 18.2 Å². The van der Waals surface area contributed by atoms with Gasteiger partial charge in [0.05, 0.1) is 34.8 Å². The molecule has 124 valence electrons. The molecule has 2 aromatic carbocycles. The predicted molar refractivity (Wildman–Crippen MR) is 91.5 cm³/mol. The average Bonchev–Trinajstić information content (AvgIpc) is 2.59. The maximum atomic E-state index is 12.8. The lowest BCUT2D eigenvalue weighted by Crippen LogP contribution is -2.20. The number of phenols is 1. The SMILES string of the molecule is COc1ccc(-n2cnc3c(O)c(Cl)cc(Cl)c3c2=O)c(CO)c1. The van der Waals surface area contributed by atoms with E-state index in [2.05, 4.69) is 4.98 Å². The third-order valence-electron chi connectivity index (χ3n) is 3.63. The van der Waals surface area contributed by atoms with Gasteiger partial charge >= 0.3 is 0 Å². The molecule has 24 heavy (non-hydrogen) atoms. The molecule has 2 N–H and O–H groups in total. The topological polar surface area (TPSA) is 84.6 Å². The zero-order valence-corrected chi connectivity index (χ0v) is 14.0. The maximum Gasteiger partial charge on any atom is 0.267 e. The summed E-state index contributed by atoms with van der Waals surface area (Å²) < 4.78 is 6.36. The van der Waals surface area contributed by atoms with E-state index in [1.165, 1.54) is 24.1 Å². The van der Waals surface area contributed by atoms with Crippen LogP contribution in [0.5, 0.6) is 11.5 Å². The Morgan fingerprint density at radius 1 is 1.25 bits per heavy atom. The molecule has 0 fully saturated rings. The summed E-state index contributed by atoms with van der Waals surface area (Å²) in [5, 5.41) is 19.7. The zero-order valence-electron chi connectivity index (χ0n) is 12.5. The van der Waals surface area contributed by atoms with Crippen molar-refractivity contribution >= 4 is 34.1 Å². The van der Waals surface area contributed by atoms with Gasteiger partial charge in [0.2, 0.25) is 0 Å². The third kappa shape index (κ3) is 2.58. The normalized spacial score (nSPS) is 11.0. The minimum atomic E-state index is -0.489. The molecule has 0 radical (unpaired) electrons. The molecular formula is C16H12Cl2N2O4. The van der Waals surface area contributed by atoms with Crippen molar-refractivity contribution in [3.8, 4) is 17.2 Å². The van der Waals surface area contributed by atoms with Gasteiger partial charge in [0.15, 0.2) is 5.75 Å². The number of aromatic hydroxyl groups is 1. The van der Waals surface area contributed by atoms with Crippen molar-refractivity contribution < 1.29 is 14.9 Å². The Hall–Kier alpha value is -2.28. The van der Waals surface area contributed by atoms with Crippen molar-refractivity contribution in [3.05, 3.63) is 56.6 Å². The first-order chi connectivity index (χ1) is 11.5. The number of rotatable bonds is 3. The van der Waals surface area contributed by atoms with Crippen LogP contribution in [0, 0.1) is 0 Å². The summed E-state index contributed by atoms with van der Waals surface area (Å²) in [5.41, 5.74) is 0.444. The van der Waals surface area contributed by atoms with E-state index in [4.69, 9.17) is 27.9 Å². The average molecular weight is 367 g/mol. The molecule has 3 aromatic rings. The number of ether oxygens (including phenoxy) is 1. The minimum Gasteiger partial charge on any atom is -0.504 e. The van der Waals surface area contributed by atoms with Crippen LogP contribution in [0.2, 0.25) is 10.0 Å². The molecular weight excluding hydrogens is 355 g/mol. The molecule has 3 rings (SSSR count). The van der Waals surface area contributed by atoms with E-state index in [-0.39, 0.29) is 33.3 Å². The number of methoxy groups -OCH3 is 1. The van der Waals surface area contributed by atoms with Crippen LogP contribution in [0.3, 0.4) is 0 Å². The van der Waals surface area contributed by atoms with Crippen molar-refractivity contribution in [1.29, 1.82) is 0 Å². The number of hydrogen-bond donors (Lipinski definition) is 2. The molecule has 1 aromatic heterocycles. The van der Waals surface area contributed by atoms with Crippen LogP contribution >= 0.6 is 23.2 Å². The van der Waals surface area contributed by atoms with Crippen LogP contribution in [-0.2, 0) is 6.61 Å². The maximum absolute atomic E-state index is 12.8. The highest BCUT2D eigenvalue weighted by Crippen LogP contribution is 2.34. The lowest BCUT2D eigenvalue weighted by molar-refractivity contribution is 0.280. The van der Waals surface area contributed by atoms with Gasteiger partial charge < -0.3 is 14.9 Å². The van der Waals surface area contributed by atoms with Gasteiger partial charge in [0.1, 0.15) is 17.6 Å². The molecule has 0 aliphatic carbocycles. The monoisotopic (exact) mass is 366 g/mol. The number of halogens is 2. The number of hydrogen-bond acceptors (Lipinski definition) is 5. The molecule has 8 heteroatoms. The number of aliphatic hydroxyl groups is 1. The highest BCUT2D eigenvalue weighted by molar-refractivity contribution is 6.39. The molecule has 0 atom stereocenters. The summed E-state index contributed by atoms with van der Waals surface area (Å²) in [6.07, 6.45) is 1.25. The van der Waals surface area contributed by atoms with E-state index in [0.29, 0.717) is 17.0 Å². The summed E-state index contributed by atoms with van der Waals surface area (Å²) in [6, 6.07) is 6.19. The summed E-state index contributed by atoms with van der Waals surface area (Å²) in [5.74, 6) is 0.240. The van der Waals surface area contributed by atoms with Gasteiger partial charge in [0.25, 0.3) is 5.56 Å². The fourth-order valence-corrected chi connectivity index (χ4v) is 2.97. The van der Waals surface area contributed by atoms with Crippen molar-refractivity contribution in [2.24, 2.45) is 0 Å². The van der Waals surface area contributed by atoms with Crippen LogP contribution in [0.15, 0.2) is 35.4 Å². The van der Waals surface area contributed by atoms with Crippen molar-refractivity contribution in [1.82, 2.24) is 9.55 Å². The van der Waals surface area contributed by atoms with Crippen molar-refractivity contribution in [3.63, 3.8) is 0 Å². The largest absolute Gasteiger partial charge is 0.504 e. The summed E-state index contributed by atoms with van der Waals surface area (Å²) in [6.45, 7) is -0.295. The molecule has 0 spiro atoms. The Labute approximate surface area is 146 Å². The first-order valence-corrected chi connectivity index (χ1v) is 7.60. The fourth-order valence-electron chi connectivity index (χ4n) is 2.44. The highest BCUT2D eigenvalue weighted by atomic mass is 35.5. The molecule has 0 saturated heterocycles. The first-order valence-electron chi connectivity index (χ1n) is 6.84. The van der Waals surface area contributed by atoms with Crippen LogP contribution in [-0.4, -0.2) is 26.9 Å². The van der Waals surface area contributed by atoms with Crippen LogP contribution in [0.25, 0.3) is 16.6 Å². The van der Waals surface area contributed by atoms with E-state index in [9.17, 15) is 15.0 Å². The van der Waals surface area contributed by atoms with E-state index >= 15 is 0 Å². The number of phenolic OH excluding ortho intramolecular Hbond substituents is 1. The van der Waals surface area contributed by atoms with Gasteiger partial charge in [-0.3, -0.25) is 9.36 Å². The first kappa shape index (κ1) is 16.6. The summed E-state index contributed by atoms with van der Waals surface area (Å²) in [7, 11) is 1.51. The van der Waals surface area contributed by atoms with Gasteiger partial charge in [-0.1, -0.05) is 23.2 Å². The number of benzene rings is 2. The van der Waals surface area contributed by atoms with Gasteiger partial charge in [-0.25, -0.2) is 4.98 Å². The van der Waals surface area contributed by atoms with E-state index < -0.39 is 5.56 Å². The third-order valence-corrected chi connectivity index (χ3v) is 4.22. The Bertz CT molecular complexity index is 1000. The van der Waals surface area contributed by atoms with Gasteiger partial charge in [-0.2, -0.15) is 0 Å². The lowest BCUT2D eigenvalue weighted by Gasteiger charge is -2.13. The van der Waals surface area contributed by atoms with Crippen molar-refractivity contribution in [2.75, 3.05) is 7.11 Å². The van der Waals surface area contributed by atoms with E-state index in [0.717, 1.165) is 0 Å². The number of aliphatic hydroxyl groups excluding tert-OH is 1. The molecule has 0 saturated carbocycles. The Balaban J connectivity index is 2.33. The molecule has 0 aliphatic heterocycles. The minimum absolute atomic E-state index is 0.0117. The number of nitrogens with zero attached hydrogens (tertiary/aromatic N) is 2. The summed E-state index contributed by atoms with van der Waals surface area (Å²) in [4.78, 5) is 16.9. The lowest BCUT2D eigenvalue weighted by atomic mass is 10.1. The molecule has 0 unspecified atom stereocenters. The second-order valence-electron chi connectivity index (χ2n) is 4.98. The van der Waals surface area contributed by atoms with Gasteiger partial charge in [-0.05, 0) is 24.3 Å². The summed E-state index contributed by atoms with van der Waals surface area (Å²) >= 11 is 12.0. The highest BCUT2D eigenvalue weighted by Gasteiger charge is 2.17. The molecule has 0 bridgehead atoms. The second-order valence-corrected chi connectivity index (χ2v) is 5.80. The van der Waals surface area contributed by atoms with Crippen LogP contribution in [0.4, 0.5) is 0 Å². The number of fused-ring (bicyclic) bond motifs is 1. The Morgan fingerprint density at radius 3 is 2.67 bits per heavy atom. The molecule has 1 heterocycles. The fraction of sp³-hybridized carbons (Fsp3) is 0.125. The van der Waals surface area contributed by atoms with Crippen LogP contribution < -0.4 is 10.3 Å². The predicted octanol–water partition coefficient (Wildman–Crippen LogP) is 2.90. The quantitative estimate of drug-likeness (QED) is 0.744. The Morgan fingerprint density at radius 2 is 2.00 bits per heavy atom. The van der Waals surface area contributed by atoms with Gasteiger partial charge in [-0.15, -0.1) is 0 Å². The molecule has 6 nitrogen and oxygen atoms in total. The van der Waals surface area contributed by atoms with Crippen LogP contribution in [0.1, 0.15) is 5.56 Å². The molecule has 0 aliphatic rings.